The van der Waals surface area contributed by atoms with Gasteiger partial charge in [-0.05, 0) is 55.8 Å². The largest absolute Gasteiger partial charge is 0.513 e. The minimum atomic E-state index is -0.796. The Kier molecular flexibility index (Phi) is 9.15. The highest BCUT2D eigenvalue weighted by Gasteiger charge is 2.11. The van der Waals surface area contributed by atoms with Gasteiger partial charge in [0.2, 0.25) is 0 Å². The lowest BCUT2D eigenvalue weighted by atomic mass is 10.2. The van der Waals surface area contributed by atoms with Gasteiger partial charge < -0.3 is 29.6 Å². The van der Waals surface area contributed by atoms with Gasteiger partial charge in [-0.2, -0.15) is 0 Å². The van der Waals surface area contributed by atoms with Crippen LogP contribution in [0.3, 0.4) is 0 Å². The summed E-state index contributed by atoms with van der Waals surface area (Å²) < 4.78 is 20.0. The maximum absolute atomic E-state index is 12.2. The van der Waals surface area contributed by atoms with Crippen molar-refractivity contribution in [3.63, 3.8) is 0 Å². The van der Waals surface area contributed by atoms with E-state index in [-0.39, 0.29) is 24.2 Å². The van der Waals surface area contributed by atoms with E-state index in [1.54, 1.807) is 37.3 Å². The average molecular weight is 430 g/mol. The van der Waals surface area contributed by atoms with Crippen molar-refractivity contribution in [1.82, 2.24) is 10.6 Å². The Hall–Kier alpha value is -3.75. The Balaban J connectivity index is 1.73. The van der Waals surface area contributed by atoms with E-state index < -0.39 is 6.16 Å². The second-order valence-electron chi connectivity index (χ2n) is 6.24. The van der Waals surface area contributed by atoms with Gasteiger partial charge in [0.1, 0.15) is 5.75 Å². The highest BCUT2D eigenvalue weighted by atomic mass is 16.7. The smallest absolute Gasteiger partial charge is 0.493 e. The lowest BCUT2D eigenvalue weighted by Gasteiger charge is -2.10. The van der Waals surface area contributed by atoms with E-state index in [9.17, 15) is 14.4 Å². The molecule has 0 unspecified atom stereocenters. The van der Waals surface area contributed by atoms with Gasteiger partial charge >= 0.3 is 6.16 Å². The van der Waals surface area contributed by atoms with Gasteiger partial charge in [-0.15, -0.1) is 0 Å². The average Bonchev–Trinajstić information content (AvgIpc) is 2.78. The maximum atomic E-state index is 12.2. The normalized spacial score (nSPS) is 10.0. The Morgan fingerprint density at radius 2 is 1.39 bits per heavy atom. The van der Waals surface area contributed by atoms with E-state index in [2.05, 4.69) is 15.4 Å². The molecule has 0 atom stereocenters. The van der Waals surface area contributed by atoms with Crippen LogP contribution < -0.4 is 24.8 Å². The summed E-state index contributed by atoms with van der Waals surface area (Å²) in [6.45, 7) is 2.66. The van der Waals surface area contributed by atoms with Crippen molar-refractivity contribution in [2.24, 2.45) is 0 Å². The first kappa shape index (κ1) is 23.5. The highest BCUT2D eigenvalue weighted by Crippen LogP contribution is 2.27. The van der Waals surface area contributed by atoms with Gasteiger partial charge in [-0.1, -0.05) is 0 Å². The summed E-state index contributed by atoms with van der Waals surface area (Å²) in [7, 11) is 3.03. The molecule has 2 rings (SSSR count). The third-order valence-corrected chi connectivity index (χ3v) is 4.15. The molecule has 0 aliphatic heterocycles. The Bertz CT molecular complexity index is 897. The van der Waals surface area contributed by atoms with Crippen molar-refractivity contribution in [3.8, 4) is 17.2 Å². The first-order valence-electron chi connectivity index (χ1n) is 9.71. The highest BCUT2D eigenvalue weighted by molar-refractivity contribution is 5.95. The summed E-state index contributed by atoms with van der Waals surface area (Å²) >= 11 is 0. The van der Waals surface area contributed by atoms with Crippen LogP contribution in [0.5, 0.6) is 17.2 Å². The number of ether oxygens (including phenoxy) is 4. The summed E-state index contributed by atoms with van der Waals surface area (Å²) in [6, 6.07) is 11.0. The zero-order valence-corrected chi connectivity index (χ0v) is 17.7. The van der Waals surface area contributed by atoms with E-state index in [0.717, 1.165) is 0 Å². The van der Waals surface area contributed by atoms with Crippen LogP contribution in [0.15, 0.2) is 42.5 Å². The first-order valence-corrected chi connectivity index (χ1v) is 9.71. The number of methoxy groups -OCH3 is 2. The third-order valence-electron chi connectivity index (χ3n) is 4.15. The zero-order valence-electron chi connectivity index (χ0n) is 17.7. The number of carbonyl (C=O) groups is 3. The predicted molar refractivity (Wildman–Crippen MR) is 113 cm³/mol. The SMILES string of the molecule is CCOC(=O)Oc1ccc(C(=O)NCCCNC(=O)c2ccc(OC)c(OC)c2)cc1. The van der Waals surface area contributed by atoms with Crippen molar-refractivity contribution in [3.05, 3.63) is 53.6 Å². The van der Waals surface area contributed by atoms with E-state index in [1.165, 1.54) is 26.4 Å². The molecule has 2 aromatic carbocycles. The molecule has 0 saturated heterocycles. The van der Waals surface area contributed by atoms with Gasteiger partial charge in [0.15, 0.2) is 11.5 Å². The lowest BCUT2D eigenvalue weighted by Crippen LogP contribution is -2.29. The van der Waals surface area contributed by atoms with Gasteiger partial charge in [0.25, 0.3) is 11.8 Å². The summed E-state index contributed by atoms with van der Waals surface area (Å²) in [5.41, 5.74) is 0.873. The quantitative estimate of drug-likeness (QED) is 0.339. The fraction of sp³-hybridized carbons (Fsp3) is 0.318. The molecule has 0 aromatic heterocycles. The van der Waals surface area contributed by atoms with Crippen LogP contribution in [0.1, 0.15) is 34.1 Å². The molecule has 0 bridgehead atoms. The molecular formula is C22H26N2O7. The molecule has 9 nitrogen and oxygen atoms in total. The molecule has 0 saturated carbocycles. The van der Waals surface area contributed by atoms with Crippen LogP contribution >= 0.6 is 0 Å². The monoisotopic (exact) mass is 430 g/mol. The molecule has 0 radical (unpaired) electrons. The van der Waals surface area contributed by atoms with Crippen LogP contribution in [0.4, 0.5) is 4.79 Å². The van der Waals surface area contributed by atoms with Crippen molar-refractivity contribution in [1.29, 1.82) is 0 Å². The van der Waals surface area contributed by atoms with Crippen LogP contribution in [0, 0.1) is 0 Å². The zero-order chi connectivity index (χ0) is 22.6. The summed E-state index contributed by atoms with van der Waals surface area (Å²) in [4.78, 5) is 35.7. The summed E-state index contributed by atoms with van der Waals surface area (Å²) in [6.07, 6.45) is -0.246. The molecule has 166 valence electrons. The number of amides is 2. The molecule has 0 fully saturated rings. The summed E-state index contributed by atoms with van der Waals surface area (Å²) in [5, 5.41) is 5.56. The lowest BCUT2D eigenvalue weighted by molar-refractivity contribution is 0.0950. The molecule has 9 heteroatoms. The molecule has 0 aliphatic rings. The van der Waals surface area contributed by atoms with Crippen molar-refractivity contribution in [2.75, 3.05) is 33.9 Å². The number of benzene rings is 2. The predicted octanol–water partition coefficient (Wildman–Crippen LogP) is 2.79. The third kappa shape index (κ3) is 7.22. The van der Waals surface area contributed by atoms with Gasteiger partial charge in [0.05, 0.1) is 20.8 Å². The van der Waals surface area contributed by atoms with Gasteiger partial charge in [-0.25, -0.2) is 4.79 Å². The van der Waals surface area contributed by atoms with E-state index in [4.69, 9.17) is 14.2 Å². The number of hydrogen-bond donors (Lipinski definition) is 2. The van der Waals surface area contributed by atoms with Crippen LogP contribution in [0.2, 0.25) is 0 Å². The second kappa shape index (κ2) is 12.1. The molecule has 2 aromatic rings. The Labute approximate surface area is 180 Å². The molecule has 2 amide bonds. The maximum Gasteiger partial charge on any atom is 0.513 e. The summed E-state index contributed by atoms with van der Waals surface area (Å²) in [5.74, 6) is 0.787. The van der Waals surface area contributed by atoms with Crippen molar-refractivity contribution in [2.45, 2.75) is 13.3 Å². The topological polar surface area (TPSA) is 112 Å². The van der Waals surface area contributed by atoms with E-state index in [0.29, 0.717) is 42.1 Å². The van der Waals surface area contributed by atoms with Crippen LogP contribution in [-0.2, 0) is 4.74 Å². The van der Waals surface area contributed by atoms with Crippen molar-refractivity contribution >= 4 is 18.0 Å². The van der Waals surface area contributed by atoms with E-state index in [1.807, 2.05) is 0 Å². The molecule has 2 N–H and O–H groups in total. The van der Waals surface area contributed by atoms with Gasteiger partial charge in [0, 0.05) is 24.2 Å². The van der Waals surface area contributed by atoms with Gasteiger partial charge in [-0.3, -0.25) is 9.59 Å². The fourth-order valence-electron chi connectivity index (χ4n) is 2.59. The molecule has 0 spiro atoms. The Morgan fingerprint density at radius 1 is 0.806 bits per heavy atom. The number of rotatable bonds is 10. The van der Waals surface area contributed by atoms with Crippen LogP contribution in [-0.4, -0.2) is 51.9 Å². The Morgan fingerprint density at radius 3 is 1.97 bits per heavy atom. The fourth-order valence-corrected chi connectivity index (χ4v) is 2.59. The van der Waals surface area contributed by atoms with E-state index >= 15 is 0 Å². The van der Waals surface area contributed by atoms with Crippen molar-refractivity contribution < 1.29 is 33.3 Å². The minimum absolute atomic E-state index is 0.216. The first-order chi connectivity index (χ1) is 15.0. The second-order valence-corrected chi connectivity index (χ2v) is 6.24. The molecule has 0 aliphatic carbocycles. The van der Waals surface area contributed by atoms with Crippen LogP contribution in [0.25, 0.3) is 0 Å². The molecule has 31 heavy (non-hydrogen) atoms. The molecule has 0 heterocycles. The minimum Gasteiger partial charge on any atom is -0.493 e. The molecular weight excluding hydrogens is 404 g/mol. The number of hydrogen-bond acceptors (Lipinski definition) is 7. The number of carbonyl (C=O) groups excluding carboxylic acids is 3. The standard InChI is InChI=1S/C22H26N2O7/c1-4-30-22(27)31-17-9-6-15(7-10-17)20(25)23-12-5-13-24-21(26)16-8-11-18(28-2)19(14-16)29-3/h6-11,14H,4-5,12-13H2,1-3H3,(H,23,25)(H,24,26). The number of nitrogens with one attached hydrogen (secondary N) is 2.